The first-order valence-electron chi connectivity index (χ1n) is 6.68. The Hall–Kier alpha value is -1.76. The lowest BCUT2D eigenvalue weighted by Gasteiger charge is -2.12. The standard InChI is InChI=1S/C16H15IN2O2/c1-3-21-15-11(17)8-10(9-14(15)20-2)16-18-12-6-4-5-7-13(12)19-16/h4-9H,3H2,1-2H3,(H,18,19). The van der Waals surface area contributed by atoms with Gasteiger partial charge < -0.3 is 14.5 Å². The van der Waals surface area contributed by atoms with Crippen molar-refractivity contribution in [3.63, 3.8) is 0 Å². The fraction of sp³-hybridized carbons (Fsp3) is 0.188. The highest BCUT2D eigenvalue weighted by Crippen LogP contribution is 2.37. The van der Waals surface area contributed by atoms with Crippen LogP contribution in [0.4, 0.5) is 0 Å². The molecule has 0 aliphatic carbocycles. The fourth-order valence-corrected chi connectivity index (χ4v) is 2.99. The van der Waals surface area contributed by atoms with Crippen LogP contribution in [-0.2, 0) is 0 Å². The molecule has 21 heavy (non-hydrogen) atoms. The summed E-state index contributed by atoms with van der Waals surface area (Å²) in [6.45, 7) is 2.57. The van der Waals surface area contributed by atoms with Gasteiger partial charge in [-0.3, -0.25) is 0 Å². The number of methoxy groups -OCH3 is 1. The molecular weight excluding hydrogens is 379 g/mol. The topological polar surface area (TPSA) is 47.1 Å². The lowest BCUT2D eigenvalue weighted by Crippen LogP contribution is -1.98. The number of ether oxygens (including phenoxy) is 2. The van der Waals surface area contributed by atoms with Crippen LogP contribution in [0.25, 0.3) is 22.4 Å². The molecule has 0 bridgehead atoms. The zero-order valence-corrected chi connectivity index (χ0v) is 14.0. The highest BCUT2D eigenvalue weighted by molar-refractivity contribution is 14.1. The molecule has 0 amide bonds. The Morgan fingerprint density at radius 3 is 2.76 bits per heavy atom. The van der Waals surface area contributed by atoms with Gasteiger partial charge in [-0.15, -0.1) is 0 Å². The van der Waals surface area contributed by atoms with Crippen LogP contribution in [0.2, 0.25) is 0 Å². The average Bonchev–Trinajstić information content (AvgIpc) is 2.93. The number of benzene rings is 2. The second-order valence-electron chi connectivity index (χ2n) is 4.53. The Labute approximate surface area is 136 Å². The molecule has 4 nitrogen and oxygen atoms in total. The maximum Gasteiger partial charge on any atom is 0.174 e. The average molecular weight is 394 g/mol. The number of hydrogen-bond acceptors (Lipinski definition) is 3. The van der Waals surface area contributed by atoms with Crippen molar-refractivity contribution in [3.8, 4) is 22.9 Å². The van der Waals surface area contributed by atoms with E-state index in [0.29, 0.717) is 6.61 Å². The second kappa shape index (κ2) is 5.93. The van der Waals surface area contributed by atoms with E-state index in [1.54, 1.807) is 7.11 Å². The molecule has 1 heterocycles. The van der Waals surface area contributed by atoms with Crippen molar-refractivity contribution in [1.29, 1.82) is 0 Å². The van der Waals surface area contributed by atoms with E-state index in [-0.39, 0.29) is 0 Å². The lowest BCUT2D eigenvalue weighted by molar-refractivity contribution is 0.309. The van der Waals surface area contributed by atoms with E-state index in [2.05, 4.69) is 32.6 Å². The number of nitrogens with zero attached hydrogens (tertiary/aromatic N) is 1. The van der Waals surface area contributed by atoms with Gasteiger partial charge in [0.15, 0.2) is 11.5 Å². The number of nitrogens with one attached hydrogen (secondary N) is 1. The quantitative estimate of drug-likeness (QED) is 0.674. The van der Waals surface area contributed by atoms with Gasteiger partial charge >= 0.3 is 0 Å². The summed E-state index contributed by atoms with van der Waals surface area (Å²) in [6, 6.07) is 12.0. The van der Waals surface area contributed by atoms with Crippen molar-refractivity contribution in [3.05, 3.63) is 40.0 Å². The van der Waals surface area contributed by atoms with Crippen molar-refractivity contribution in [2.24, 2.45) is 0 Å². The molecule has 0 aliphatic rings. The van der Waals surface area contributed by atoms with Gasteiger partial charge in [-0.2, -0.15) is 0 Å². The number of para-hydroxylation sites is 2. The number of H-pyrrole nitrogens is 1. The number of imidazole rings is 1. The summed E-state index contributed by atoms with van der Waals surface area (Å²) in [4.78, 5) is 7.95. The molecule has 0 saturated heterocycles. The first-order chi connectivity index (χ1) is 10.2. The maximum atomic E-state index is 5.65. The Balaban J connectivity index is 2.11. The molecule has 1 N–H and O–H groups in total. The minimum Gasteiger partial charge on any atom is -0.493 e. The number of aromatic nitrogens is 2. The van der Waals surface area contributed by atoms with E-state index >= 15 is 0 Å². The molecule has 0 atom stereocenters. The minimum absolute atomic E-state index is 0.607. The summed E-state index contributed by atoms with van der Waals surface area (Å²) >= 11 is 2.26. The molecule has 0 spiro atoms. The summed E-state index contributed by atoms with van der Waals surface area (Å²) in [7, 11) is 1.65. The van der Waals surface area contributed by atoms with E-state index in [9.17, 15) is 0 Å². The normalized spacial score (nSPS) is 10.8. The summed E-state index contributed by atoms with van der Waals surface area (Å²) < 4.78 is 12.1. The van der Waals surface area contributed by atoms with Crippen LogP contribution < -0.4 is 9.47 Å². The molecule has 2 aromatic carbocycles. The minimum atomic E-state index is 0.607. The molecule has 5 heteroatoms. The van der Waals surface area contributed by atoms with Crippen LogP contribution in [0.15, 0.2) is 36.4 Å². The van der Waals surface area contributed by atoms with Crippen molar-refractivity contribution >= 4 is 33.6 Å². The highest BCUT2D eigenvalue weighted by Gasteiger charge is 2.14. The molecule has 0 aliphatic heterocycles. The Morgan fingerprint density at radius 2 is 2.05 bits per heavy atom. The van der Waals surface area contributed by atoms with Gasteiger partial charge in [-0.1, -0.05) is 12.1 Å². The maximum absolute atomic E-state index is 5.65. The Kier molecular flexibility index (Phi) is 4.01. The summed E-state index contributed by atoms with van der Waals surface area (Å²) in [5.41, 5.74) is 2.96. The zero-order chi connectivity index (χ0) is 14.8. The van der Waals surface area contributed by atoms with Crippen LogP contribution in [0.1, 0.15) is 6.92 Å². The van der Waals surface area contributed by atoms with Crippen molar-refractivity contribution in [2.75, 3.05) is 13.7 Å². The molecule has 0 saturated carbocycles. The molecule has 0 radical (unpaired) electrons. The summed E-state index contributed by atoms with van der Waals surface area (Å²) in [6.07, 6.45) is 0. The molecule has 1 aromatic heterocycles. The number of aromatic amines is 1. The third kappa shape index (κ3) is 2.70. The summed E-state index contributed by atoms with van der Waals surface area (Å²) in [5.74, 6) is 2.33. The van der Waals surface area contributed by atoms with E-state index in [4.69, 9.17) is 9.47 Å². The van der Waals surface area contributed by atoms with Crippen molar-refractivity contribution in [2.45, 2.75) is 6.92 Å². The first-order valence-corrected chi connectivity index (χ1v) is 7.76. The van der Waals surface area contributed by atoms with Gasteiger partial charge in [0.1, 0.15) is 5.82 Å². The van der Waals surface area contributed by atoms with Gasteiger partial charge in [-0.25, -0.2) is 4.98 Å². The monoisotopic (exact) mass is 394 g/mol. The lowest BCUT2D eigenvalue weighted by atomic mass is 10.2. The van der Waals surface area contributed by atoms with Crippen LogP contribution in [0, 0.1) is 3.57 Å². The Bertz CT molecular complexity index is 750. The number of rotatable bonds is 4. The van der Waals surface area contributed by atoms with Gasteiger partial charge in [0.25, 0.3) is 0 Å². The Morgan fingerprint density at radius 1 is 1.24 bits per heavy atom. The smallest absolute Gasteiger partial charge is 0.174 e. The number of halogens is 1. The predicted molar refractivity (Wildman–Crippen MR) is 92.0 cm³/mol. The predicted octanol–water partition coefficient (Wildman–Crippen LogP) is 4.24. The largest absolute Gasteiger partial charge is 0.493 e. The third-order valence-electron chi connectivity index (χ3n) is 3.18. The van der Waals surface area contributed by atoms with Crippen LogP contribution in [0.3, 0.4) is 0 Å². The number of hydrogen-bond donors (Lipinski definition) is 1. The molecule has 0 fully saturated rings. The fourth-order valence-electron chi connectivity index (χ4n) is 2.23. The summed E-state index contributed by atoms with van der Waals surface area (Å²) in [5, 5.41) is 0. The first kappa shape index (κ1) is 14.2. The highest BCUT2D eigenvalue weighted by atomic mass is 127. The number of fused-ring (bicyclic) bond motifs is 1. The van der Waals surface area contributed by atoms with Crippen LogP contribution in [0.5, 0.6) is 11.5 Å². The third-order valence-corrected chi connectivity index (χ3v) is 3.98. The van der Waals surface area contributed by atoms with Crippen LogP contribution in [-0.4, -0.2) is 23.7 Å². The second-order valence-corrected chi connectivity index (χ2v) is 5.69. The van der Waals surface area contributed by atoms with E-state index < -0.39 is 0 Å². The van der Waals surface area contributed by atoms with Crippen molar-refractivity contribution < 1.29 is 9.47 Å². The SMILES string of the molecule is CCOc1c(I)cc(-c2nc3ccccc3[nH]2)cc1OC. The van der Waals surface area contributed by atoms with E-state index in [0.717, 1.165) is 37.5 Å². The van der Waals surface area contributed by atoms with E-state index in [1.807, 2.05) is 43.3 Å². The molecule has 108 valence electrons. The zero-order valence-electron chi connectivity index (χ0n) is 11.8. The van der Waals surface area contributed by atoms with Gasteiger partial charge in [0.05, 0.1) is 28.3 Å². The van der Waals surface area contributed by atoms with Crippen LogP contribution >= 0.6 is 22.6 Å². The molecular formula is C16H15IN2O2. The van der Waals surface area contributed by atoms with E-state index in [1.165, 1.54) is 0 Å². The van der Waals surface area contributed by atoms with Gasteiger partial charge in [0.2, 0.25) is 0 Å². The van der Waals surface area contributed by atoms with Gasteiger partial charge in [-0.05, 0) is 53.8 Å². The molecule has 0 unspecified atom stereocenters. The van der Waals surface area contributed by atoms with Gasteiger partial charge in [0, 0.05) is 5.56 Å². The van der Waals surface area contributed by atoms with Crippen molar-refractivity contribution in [1.82, 2.24) is 9.97 Å². The molecule has 3 aromatic rings. The molecule has 3 rings (SSSR count).